The molecular weight excluding hydrogens is 421 g/mol. The highest BCUT2D eigenvalue weighted by molar-refractivity contribution is 5.99. The van der Waals surface area contributed by atoms with Crippen LogP contribution in [-0.4, -0.2) is 53.5 Å². The van der Waals surface area contributed by atoms with E-state index in [1.807, 2.05) is 24.3 Å². The molecule has 4 rings (SSSR count). The van der Waals surface area contributed by atoms with Gasteiger partial charge in [-0.25, -0.2) is 4.39 Å². The van der Waals surface area contributed by atoms with Crippen molar-refractivity contribution in [3.05, 3.63) is 77.7 Å². The van der Waals surface area contributed by atoms with Crippen LogP contribution in [0.4, 0.5) is 4.39 Å². The molecule has 1 aliphatic rings. The van der Waals surface area contributed by atoms with Gasteiger partial charge in [0.15, 0.2) is 0 Å². The van der Waals surface area contributed by atoms with E-state index in [0.717, 1.165) is 29.0 Å². The van der Waals surface area contributed by atoms with Crippen LogP contribution >= 0.6 is 0 Å². The molecule has 2 aromatic carbocycles. The standard InChI is InChI=1S/C26H28FN3O3/c1-26(2,29-24(31)21-8-4-10-22(27)15-21)25(32)30-12-13-33-17-18(16-30)14-20-7-3-6-19-9-5-11-28-23(19)20/h3-11,15,18H,12-14,16-17H2,1-2H3,(H,29,31). The highest BCUT2D eigenvalue weighted by Crippen LogP contribution is 2.22. The van der Waals surface area contributed by atoms with Gasteiger partial charge >= 0.3 is 0 Å². The van der Waals surface area contributed by atoms with Crippen molar-refractivity contribution in [1.29, 1.82) is 0 Å². The number of carbonyl (C=O) groups is 2. The van der Waals surface area contributed by atoms with Crippen molar-refractivity contribution >= 4 is 22.7 Å². The van der Waals surface area contributed by atoms with Gasteiger partial charge in [0.1, 0.15) is 11.4 Å². The Hall–Kier alpha value is -3.32. The molecule has 1 fully saturated rings. The molecule has 2 heterocycles. The first-order chi connectivity index (χ1) is 15.8. The smallest absolute Gasteiger partial charge is 0.252 e. The van der Waals surface area contributed by atoms with Gasteiger partial charge in [-0.05, 0) is 50.1 Å². The van der Waals surface area contributed by atoms with E-state index in [2.05, 4.69) is 16.4 Å². The number of fused-ring (bicyclic) bond motifs is 1. The lowest BCUT2D eigenvalue weighted by Crippen LogP contribution is -2.57. The van der Waals surface area contributed by atoms with Crippen LogP contribution in [0.15, 0.2) is 60.8 Å². The van der Waals surface area contributed by atoms with Crippen LogP contribution < -0.4 is 5.32 Å². The van der Waals surface area contributed by atoms with Crippen molar-refractivity contribution in [3.8, 4) is 0 Å². The molecule has 0 radical (unpaired) electrons. The number of nitrogens with zero attached hydrogens (tertiary/aromatic N) is 2. The molecule has 0 aliphatic carbocycles. The molecule has 1 aliphatic heterocycles. The number of ether oxygens (including phenoxy) is 1. The van der Waals surface area contributed by atoms with Crippen LogP contribution in [0, 0.1) is 11.7 Å². The SMILES string of the molecule is CC(C)(NC(=O)c1cccc(F)c1)C(=O)N1CCOCC(Cc2cccc3cccnc23)C1. The first kappa shape index (κ1) is 22.9. The summed E-state index contributed by atoms with van der Waals surface area (Å²) < 4.78 is 19.3. The van der Waals surface area contributed by atoms with Crippen LogP contribution in [0.2, 0.25) is 0 Å². The Bertz CT molecular complexity index is 1160. The molecule has 0 bridgehead atoms. The summed E-state index contributed by atoms with van der Waals surface area (Å²) in [5.41, 5.74) is 1.11. The van der Waals surface area contributed by atoms with Crippen molar-refractivity contribution in [2.24, 2.45) is 5.92 Å². The number of nitrogens with one attached hydrogen (secondary N) is 1. The van der Waals surface area contributed by atoms with Crippen LogP contribution in [-0.2, 0) is 16.0 Å². The Morgan fingerprint density at radius 3 is 2.79 bits per heavy atom. The van der Waals surface area contributed by atoms with Crippen LogP contribution in [0.1, 0.15) is 29.8 Å². The quantitative estimate of drug-likeness (QED) is 0.646. The summed E-state index contributed by atoms with van der Waals surface area (Å²) in [6.07, 6.45) is 2.52. The van der Waals surface area contributed by atoms with Crippen molar-refractivity contribution < 1.29 is 18.7 Å². The molecule has 2 amide bonds. The maximum atomic E-state index is 13.5. The van der Waals surface area contributed by atoms with Gasteiger partial charge in [0.05, 0.1) is 18.7 Å². The second kappa shape index (κ2) is 9.67. The average Bonchev–Trinajstić information content (AvgIpc) is 3.04. The summed E-state index contributed by atoms with van der Waals surface area (Å²) in [5, 5.41) is 3.84. The number of hydrogen-bond acceptors (Lipinski definition) is 4. The lowest BCUT2D eigenvalue weighted by atomic mass is 9.96. The number of hydrogen-bond donors (Lipinski definition) is 1. The molecule has 1 saturated heterocycles. The zero-order valence-corrected chi connectivity index (χ0v) is 18.9. The van der Waals surface area contributed by atoms with Gasteiger partial charge in [0, 0.05) is 36.2 Å². The topological polar surface area (TPSA) is 71.5 Å². The molecule has 0 saturated carbocycles. The first-order valence-corrected chi connectivity index (χ1v) is 11.1. The number of amides is 2. The Balaban J connectivity index is 1.47. The van der Waals surface area contributed by atoms with Gasteiger partial charge < -0.3 is 15.0 Å². The molecule has 7 heteroatoms. The van der Waals surface area contributed by atoms with E-state index in [9.17, 15) is 14.0 Å². The van der Waals surface area contributed by atoms with E-state index in [0.29, 0.717) is 26.3 Å². The second-order valence-corrected chi connectivity index (χ2v) is 8.98. The highest BCUT2D eigenvalue weighted by Gasteiger charge is 2.35. The van der Waals surface area contributed by atoms with E-state index in [1.54, 1.807) is 24.9 Å². The molecule has 6 nitrogen and oxygen atoms in total. The van der Waals surface area contributed by atoms with E-state index < -0.39 is 17.3 Å². The zero-order valence-electron chi connectivity index (χ0n) is 18.9. The van der Waals surface area contributed by atoms with Crippen LogP contribution in [0.25, 0.3) is 10.9 Å². The summed E-state index contributed by atoms with van der Waals surface area (Å²) in [6, 6.07) is 15.5. The van der Waals surface area contributed by atoms with Crippen LogP contribution in [0.3, 0.4) is 0 Å². The number of benzene rings is 2. The normalized spacial score (nSPS) is 16.9. The largest absolute Gasteiger partial charge is 0.379 e. The zero-order chi connectivity index (χ0) is 23.4. The van der Waals surface area contributed by atoms with Crippen molar-refractivity contribution in [2.45, 2.75) is 25.8 Å². The third kappa shape index (κ3) is 5.37. The van der Waals surface area contributed by atoms with Gasteiger partial charge in [0.25, 0.3) is 5.91 Å². The predicted molar refractivity (Wildman–Crippen MR) is 124 cm³/mol. The van der Waals surface area contributed by atoms with E-state index in [4.69, 9.17) is 4.74 Å². The number of aromatic nitrogens is 1. The molecule has 3 aromatic rings. The lowest BCUT2D eigenvalue weighted by molar-refractivity contribution is -0.137. The Labute approximate surface area is 192 Å². The molecule has 1 aromatic heterocycles. The van der Waals surface area contributed by atoms with E-state index in [-0.39, 0.29) is 17.4 Å². The molecule has 1 atom stereocenters. The van der Waals surface area contributed by atoms with Crippen molar-refractivity contribution in [1.82, 2.24) is 15.2 Å². The van der Waals surface area contributed by atoms with Crippen molar-refractivity contribution in [2.75, 3.05) is 26.3 Å². The van der Waals surface area contributed by atoms with E-state index >= 15 is 0 Å². The molecule has 33 heavy (non-hydrogen) atoms. The summed E-state index contributed by atoms with van der Waals surface area (Å²) in [4.78, 5) is 32.3. The number of carbonyl (C=O) groups excluding carboxylic acids is 2. The Morgan fingerprint density at radius 2 is 1.97 bits per heavy atom. The van der Waals surface area contributed by atoms with Gasteiger partial charge in [-0.2, -0.15) is 0 Å². The molecular formula is C26H28FN3O3. The second-order valence-electron chi connectivity index (χ2n) is 8.98. The minimum atomic E-state index is -1.15. The van der Waals surface area contributed by atoms with Gasteiger partial charge in [-0.15, -0.1) is 0 Å². The van der Waals surface area contributed by atoms with Crippen molar-refractivity contribution in [3.63, 3.8) is 0 Å². The number of pyridine rings is 1. The predicted octanol–water partition coefficient (Wildman–Crippen LogP) is 3.60. The first-order valence-electron chi connectivity index (χ1n) is 11.1. The summed E-state index contributed by atoms with van der Waals surface area (Å²) in [6.45, 7) is 5.28. The molecule has 0 spiro atoms. The van der Waals surface area contributed by atoms with Gasteiger partial charge in [-0.1, -0.05) is 30.3 Å². The average molecular weight is 450 g/mol. The van der Waals surface area contributed by atoms with Gasteiger partial charge in [0.2, 0.25) is 5.91 Å². The monoisotopic (exact) mass is 449 g/mol. The fraction of sp³-hybridized carbons (Fsp3) is 0.346. The fourth-order valence-corrected chi connectivity index (χ4v) is 4.27. The lowest BCUT2D eigenvalue weighted by Gasteiger charge is -2.33. The molecule has 1 unspecified atom stereocenters. The third-order valence-corrected chi connectivity index (χ3v) is 5.90. The minimum absolute atomic E-state index is 0.0961. The van der Waals surface area contributed by atoms with Gasteiger partial charge in [-0.3, -0.25) is 14.6 Å². The minimum Gasteiger partial charge on any atom is -0.379 e. The summed E-state index contributed by atoms with van der Waals surface area (Å²) >= 11 is 0. The van der Waals surface area contributed by atoms with E-state index in [1.165, 1.54) is 18.2 Å². The Morgan fingerprint density at radius 1 is 1.18 bits per heavy atom. The number of halogens is 1. The molecule has 1 N–H and O–H groups in total. The summed E-state index contributed by atoms with van der Waals surface area (Å²) in [7, 11) is 0. The third-order valence-electron chi connectivity index (χ3n) is 5.90. The number of para-hydroxylation sites is 1. The number of rotatable bonds is 5. The highest BCUT2D eigenvalue weighted by atomic mass is 19.1. The Kier molecular flexibility index (Phi) is 6.70. The maximum absolute atomic E-state index is 13.5. The molecule has 172 valence electrons. The summed E-state index contributed by atoms with van der Waals surface area (Å²) in [5.74, 6) is -1.09. The fourth-order valence-electron chi connectivity index (χ4n) is 4.27. The van der Waals surface area contributed by atoms with Crippen LogP contribution in [0.5, 0.6) is 0 Å². The maximum Gasteiger partial charge on any atom is 0.252 e.